The topological polar surface area (TPSA) is 136 Å². The van der Waals surface area contributed by atoms with Gasteiger partial charge in [0.25, 0.3) is 5.91 Å². The average molecular weight is 553 g/mol. The Labute approximate surface area is 233 Å². The van der Waals surface area contributed by atoms with Crippen molar-refractivity contribution < 1.29 is 33.4 Å². The van der Waals surface area contributed by atoms with Gasteiger partial charge in [-0.3, -0.25) is 9.59 Å². The Morgan fingerprint density at radius 3 is 2.50 bits per heavy atom. The summed E-state index contributed by atoms with van der Waals surface area (Å²) in [5, 5.41) is 5.73. The van der Waals surface area contributed by atoms with E-state index >= 15 is 0 Å². The number of amides is 2. The second-order valence-electron chi connectivity index (χ2n) is 9.76. The molecule has 1 aliphatic heterocycles. The summed E-state index contributed by atoms with van der Waals surface area (Å²) in [4.78, 5) is 57.0. The van der Waals surface area contributed by atoms with Crippen LogP contribution in [0.25, 0.3) is 11.3 Å². The van der Waals surface area contributed by atoms with Crippen LogP contribution in [0.15, 0.2) is 42.5 Å². The van der Waals surface area contributed by atoms with E-state index in [0.717, 1.165) is 31.2 Å². The lowest BCUT2D eigenvalue weighted by Gasteiger charge is -2.26. The zero-order valence-corrected chi connectivity index (χ0v) is 22.7. The molecule has 2 aliphatic rings. The van der Waals surface area contributed by atoms with Crippen LogP contribution >= 0.6 is 0 Å². The number of ether oxygens (including phenoxy) is 3. The van der Waals surface area contributed by atoms with Gasteiger partial charge in [0.2, 0.25) is 0 Å². The molecule has 2 N–H and O–H groups in total. The molecular weight excluding hydrogens is 516 g/mol. The largest absolute Gasteiger partial charge is 0.490 e. The summed E-state index contributed by atoms with van der Waals surface area (Å²) in [5.41, 5.74) is 1.38. The van der Waals surface area contributed by atoms with Crippen LogP contribution in [0.4, 0.5) is 4.79 Å². The molecule has 214 valence electrons. The van der Waals surface area contributed by atoms with Crippen LogP contribution < -0.4 is 15.4 Å². The van der Waals surface area contributed by atoms with Crippen LogP contribution in [0.3, 0.4) is 0 Å². The van der Waals surface area contributed by atoms with Gasteiger partial charge >= 0.3 is 18.0 Å². The van der Waals surface area contributed by atoms with E-state index in [9.17, 15) is 19.2 Å². The minimum Gasteiger partial charge on any atom is -0.490 e. The molecule has 2 fully saturated rings. The minimum atomic E-state index is -1.27. The molecule has 40 heavy (non-hydrogen) atoms. The smallest absolute Gasteiger partial charge is 0.417 e. The van der Waals surface area contributed by atoms with E-state index in [1.165, 1.54) is 4.90 Å². The Balaban J connectivity index is 1.53. The van der Waals surface area contributed by atoms with Crippen molar-refractivity contribution in [2.45, 2.75) is 57.6 Å². The SMILES string of the molecule is CCOC(=O)CCC(NC(=O)c1cc(OC2CCCC2)cc(-c2ccccc2)n1)C(=O)OC(=O)N1CCNCC1. The number of esters is 2. The third-order valence-corrected chi connectivity index (χ3v) is 6.80. The van der Waals surface area contributed by atoms with Crippen molar-refractivity contribution in [3.8, 4) is 17.0 Å². The lowest BCUT2D eigenvalue weighted by atomic mass is 10.1. The first kappa shape index (κ1) is 29.0. The molecule has 1 unspecified atom stereocenters. The first-order valence-electron chi connectivity index (χ1n) is 13.8. The van der Waals surface area contributed by atoms with Gasteiger partial charge in [-0.05, 0) is 39.0 Å². The number of nitrogens with one attached hydrogen (secondary N) is 2. The molecule has 4 rings (SSSR count). The minimum absolute atomic E-state index is 0.0386. The highest BCUT2D eigenvalue weighted by Crippen LogP contribution is 2.28. The lowest BCUT2D eigenvalue weighted by Crippen LogP contribution is -2.49. The maximum absolute atomic E-state index is 13.4. The third kappa shape index (κ3) is 8.25. The molecule has 11 nitrogen and oxygen atoms in total. The first-order chi connectivity index (χ1) is 19.4. The Morgan fingerprint density at radius 2 is 1.80 bits per heavy atom. The van der Waals surface area contributed by atoms with Gasteiger partial charge in [-0.15, -0.1) is 0 Å². The standard InChI is InChI=1S/C29H36N4O7/c1-2-38-26(34)13-12-23(28(36)40-29(37)33-16-14-30-15-17-33)32-27(35)25-19-22(39-21-10-6-7-11-21)18-24(31-25)20-8-4-3-5-9-20/h3-5,8-9,18-19,21,23,30H,2,6-7,10-17H2,1H3,(H,32,35). The van der Waals surface area contributed by atoms with Crippen molar-refractivity contribution in [3.05, 3.63) is 48.2 Å². The second kappa shape index (κ2) is 14.4. The van der Waals surface area contributed by atoms with Gasteiger partial charge < -0.3 is 29.7 Å². The number of piperazine rings is 1. The molecule has 2 aromatic rings. The van der Waals surface area contributed by atoms with Gasteiger partial charge in [0.05, 0.1) is 18.4 Å². The number of aromatic nitrogens is 1. The molecule has 1 atom stereocenters. The number of benzene rings is 1. The molecule has 1 saturated carbocycles. The molecule has 1 saturated heterocycles. The quantitative estimate of drug-likeness (QED) is 0.337. The summed E-state index contributed by atoms with van der Waals surface area (Å²) in [6.45, 7) is 3.82. The summed E-state index contributed by atoms with van der Waals surface area (Å²) < 4.78 is 16.2. The van der Waals surface area contributed by atoms with Crippen molar-refractivity contribution in [2.24, 2.45) is 0 Å². The van der Waals surface area contributed by atoms with E-state index < -0.39 is 30.0 Å². The van der Waals surface area contributed by atoms with E-state index in [1.54, 1.807) is 19.1 Å². The number of nitrogens with zero attached hydrogens (tertiary/aromatic N) is 2. The number of hydrogen-bond donors (Lipinski definition) is 2. The fourth-order valence-electron chi connectivity index (χ4n) is 4.69. The van der Waals surface area contributed by atoms with Gasteiger partial charge in [0.15, 0.2) is 0 Å². The summed E-state index contributed by atoms with van der Waals surface area (Å²) in [6, 6.07) is 11.5. The summed E-state index contributed by atoms with van der Waals surface area (Å²) >= 11 is 0. The van der Waals surface area contributed by atoms with Crippen molar-refractivity contribution in [1.29, 1.82) is 0 Å². The molecular formula is C29H36N4O7. The summed E-state index contributed by atoms with van der Waals surface area (Å²) in [5.74, 6) is -1.64. The highest BCUT2D eigenvalue weighted by atomic mass is 16.6. The average Bonchev–Trinajstić information content (AvgIpc) is 3.49. The third-order valence-electron chi connectivity index (χ3n) is 6.80. The van der Waals surface area contributed by atoms with Gasteiger partial charge in [0.1, 0.15) is 17.5 Å². The Kier molecular flexibility index (Phi) is 10.4. The molecule has 0 bridgehead atoms. The molecule has 0 spiro atoms. The van der Waals surface area contributed by atoms with Crippen LogP contribution in [0.1, 0.15) is 55.9 Å². The van der Waals surface area contributed by atoms with Gasteiger partial charge in [-0.1, -0.05) is 30.3 Å². The molecule has 0 radical (unpaired) electrons. The molecule has 1 aromatic carbocycles. The first-order valence-corrected chi connectivity index (χ1v) is 13.8. The van der Waals surface area contributed by atoms with E-state index in [1.807, 2.05) is 30.3 Å². The van der Waals surface area contributed by atoms with E-state index in [4.69, 9.17) is 14.2 Å². The zero-order chi connectivity index (χ0) is 28.3. The fraction of sp³-hybridized carbons (Fsp3) is 0.483. The van der Waals surface area contributed by atoms with Crippen LogP contribution in [-0.4, -0.2) is 78.8 Å². The van der Waals surface area contributed by atoms with Crippen molar-refractivity contribution in [1.82, 2.24) is 20.5 Å². The van der Waals surface area contributed by atoms with Crippen molar-refractivity contribution in [3.63, 3.8) is 0 Å². The molecule has 11 heteroatoms. The van der Waals surface area contributed by atoms with Crippen molar-refractivity contribution >= 4 is 23.9 Å². The maximum Gasteiger partial charge on any atom is 0.417 e. The molecule has 2 amide bonds. The van der Waals surface area contributed by atoms with E-state index in [0.29, 0.717) is 37.6 Å². The van der Waals surface area contributed by atoms with Crippen LogP contribution in [0.2, 0.25) is 0 Å². The Morgan fingerprint density at radius 1 is 1.07 bits per heavy atom. The van der Waals surface area contributed by atoms with Crippen LogP contribution in [0.5, 0.6) is 5.75 Å². The van der Waals surface area contributed by atoms with Crippen LogP contribution in [-0.2, 0) is 19.1 Å². The van der Waals surface area contributed by atoms with E-state index in [-0.39, 0.29) is 31.2 Å². The predicted molar refractivity (Wildman–Crippen MR) is 146 cm³/mol. The highest BCUT2D eigenvalue weighted by molar-refractivity contribution is 5.97. The molecule has 2 heterocycles. The van der Waals surface area contributed by atoms with Gasteiger partial charge in [-0.2, -0.15) is 0 Å². The number of hydrogen-bond acceptors (Lipinski definition) is 9. The zero-order valence-electron chi connectivity index (χ0n) is 22.7. The van der Waals surface area contributed by atoms with Crippen LogP contribution in [0, 0.1) is 0 Å². The Hall–Kier alpha value is -3.99. The Bertz CT molecular complexity index is 1180. The summed E-state index contributed by atoms with van der Waals surface area (Å²) in [7, 11) is 0. The summed E-state index contributed by atoms with van der Waals surface area (Å²) in [6.07, 6.45) is 3.06. The molecule has 1 aliphatic carbocycles. The van der Waals surface area contributed by atoms with Crippen molar-refractivity contribution in [2.75, 3.05) is 32.8 Å². The fourth-order valence-corrected chi connectivity index (χ4v) is 4.69. The lowest BCUT2D eigenvalue weighted by molar-refractivity contribution is -0.144. The van der Waals surface area contributed by atoms with E-state index in [2.05, 4.69) is 15.6 Å². The monoisotopic (exact) mass is 552 g/mol. The predicted octanol–water partition coefficient (Wildman–Crippen LogP) is 3.08. The highest BCUT2D eigenvalue weighted by Gasteiger charge is 2.29. The normalized spacial score (nSPS) is 16.2. The maximum atomic E-state index is 13.4. The van der Waals surface area contributed by atoms with Gasteiger partial charge in [-0.25, -0.2) is 14.6 Å². The number of carbonyl (C=O) groups is 4. The van der Waals surface area contributed by atoms with Gasteiger partial charge in [0, 0.05) is 50.3 Å². The number of rotatable bonds is 10. The number of pyridine rings is 1. The number of carbonyl (C=O) groups excluding carboxylic acids is 4. The molecule has 1 aromatic heterocycles. The second-order valence-corrected chi connectivity index (χ2v) is 9.76.